The van der Waals surface area contributed by atoms with Gasteiger partial charge in [-0.3, -0.25) is 0 Å². The molecule has 0 aliphatic heterocycles. The highest BCUT2D eigenvalue weighted by Gasteiger charge is 1.97. The maximum absolute atomic E-state index is 10.1. The minimum absolute atomic E-state index is 0.235. The van der Waals surface area contributed by atoms with E-state index in [0.717, 1.165) is 19.5 Å². The first-order valence-electron chi connectivity index (χ1n) is 7.34. The lowest BCUT2D eigenvalue weighted by atomic mass is 10.3. The van der Waals surface area contributed by atoms with Crippen molar-refractivity contribution in [2.45, 2.75) is 39.2 Å². The van der Waals surface area contributed by atoms with Gasteiger partial charge in [-0.05, 0) is 39.9 Å². The molecule has 0 aliphatic carbocycles. The average molecular weight is 319 g/mol. The molecule has 1 aromatic heterocycles. The summed E-state index contributed by atoms with van der Waals surface area (Å²) in [5.74, 6) is -0.235. The van der Waals surface area contributed by atoms with Crippen molar-refractivity contribution < 1.29 is 17.5 Å². The van der Waals surface area contributed by atoms with Crippen LogP contribution >= 0.6 is 0 Å². The van der Waals surface area contributed by atoms with E-state index in [-0.39, 0.29) is 5.75 Å². The van der Waals surface area contributed by atoms with Gasteiger partial charge in [-0.15, -0.1) is 0 Å². The Morgan fingerprint density at radius 1 is 1.24 bits per heavy atom. The van der Waals surface area contributed by atoms with E-state index >= 15 is 0 Å². The number of nitrogens with zero attached hydrogens (tertiary/aromatic N) is 3. The highest BCUT2D eigenvalue weighted by atomic mass is 32.2. The van der Waals surface area contributed by atoms with Crippen LogP contribution in [0.1, 0.15) is 32.6 Å². The molecule has 0 N–H and O–H groups in total. The molecule has 0 unspecified atom stereocenters. The largest absolute Gasteiger partial charge is 0.748 e. The summed E-state index contributed by atoms with van der Waals surface area (Å²) in [6.45, 7) is 4.19. The average Bonchev–Trinajstić information content (AvgIpc) is 2.77. The fourth-order valence-electron chi connectivity index (χ4n) is 1.68. The summed E-state index contributed by atoms with van der Waals surface area (Å²) in [6.07, 6.45) is 10.0. The Labute approximate surface area is 129 Å². The van der Waals surface area contributed by atoms with Gasteiger partial charge in [-0.25, -0.2) is 17.6 Å². The molecular weight excluding hydrogens is 290 g/mol. The summed E-state index contributed by atoms with van der Waals surface area (Å²) in [6, 6.07) is 0. The van der Waals surface area contributed by atoms with Crippen LogP contribution in [0.25, 0.3) is 0 Å². The Balaban J connectivity index is 0.000000382. The van der Waals surface area contributed by atoms with Gasteiger partial charge in [0.15, 0.2) is 0 Å². The zero-order chi connectivity index (χ0) is 16.3. The van der Waals surface area contributed by atoms with Crippen LogP contribution in [-0.2, 0) is 23.7 Å². The van der Waals surface area contributed by atoms with Crippen LogP contribution in [0.3, 0.4) is 0 Å². The number of imidazole rings is 1. The van der Waals surface area contributed by atoms with Gasteiger partial charge in [0.2, 0.25) is 6.33 Å². The van der Waals surface area contributed by atoms with Gasteiger partial charge in [0.05, 0.1) is 23.7 Å². The summed E-state index contributed by atoms with van der Waals surface area (Å²) >= 11 is 0. The second-order valence-electron chi connectivity index (χ2n) is 5.44. The molecule has 0 radical (unpaired) electrons. The van der Waals surface area contributed by atoms with Crippen molar-refractivity contribution in [1.29, 1.82) is 0 Å². The highest BCUT2D eigenvalue weighted by Crippen LogP contribution is 1.94. The summed E-state index contributed by atoms with van der Waals surface area (Å²) in [4.78, 5) is 1.96. The zero-order valence-corrected chi connectivity index (χ0v) is 14.5. The van der Waals surface area contributed by atoms with Gasteiger partial charge in [0.1, 0.15) is 12.4 Å². The number of rotatable bonds is 8. The maximum Gasteiger partial charge on any atom is 0.243 e. The zero-order valence-electron chi connectivity index (χ0n) is 13.7. The predicted octanol–water partition coefficient (Wildman–Crippen LogP) is 0.986. The summed E-state index contributed by atoms with van der Waals surface area (Å²) < 4.78 is 34.6. The molecule has 0 aliphatic rings. The monoisotopic (exact) mass is 319 g/mol. The molecule has 0 amide bonds. The Kier molecular flexibility index (Phi) is 10.3. The molecule has 0 bridgehead atoms. The normalized spacial score (nSPS) is 11.3. The molecular formula is C14H29N3O3S. The van der Waals surface area contributed by atoms with Crippen LogP contribution in [-0.4, -0.2) is 48.8 Å². The first-order valence-corrected chi connectivity index (χ1v) is 8.91. The van der Waals surface area contributed by atoms with Crippen molar-refractivity contribution in [3.63, 3.8) is 0 Å². The summed E-state index contributed by atoms with van der Waals surface area (Å²) in [5.41, 5.74) is 0. The molecule has 7 heteroatoms. The summed E-state index contributed by atoms with van der Waals surface area (Å²) in [5, 5.41) is 0. The number of unbranched alkanes of at least 4 members (excludes halogenated alkanes) is 2. The van der Waals surface area contributed by atoms with Gasteiger partial charge in [0, 0.05) is 5.75 Å². The van der Waals surface area contributed by atoms with Gasteiger partial charge < -0.3 is 9.45 Å². The molecule has 0 aromatic carbocycles. The number of aromatic nitrogens is 2. The topological polar surface area (TPSA) is 69.2 Å². The molecule has 124 valence electrons. The van der Waals surface area contributed by atoms with E-state index in [0.29, 0.717) is 6.42 Å². The van der Waals surface area contributed by atoms with Crippen molar-refractivity contribution >= 4 is 10.1 Å². The minimum Gasteiger partial charge on any atom is -0.748 e. The molecule has 0 spiro atoms. The quantitative estimate of drug-likeness (QED) is 0.407. The van der Waals surface area contributed by atoms with Crippen LogP contribution in [0.4, 0.5) is 0 Å². The Hall–Kier alpha value is -0.920. The van der Waals surface area contributed by atoms with Gasteiger partial charge in [-0.1, -0.05) is 13.3 Å². The number of aryl methyl sites for hydroxylation is 2. The van der Waals surface area contributed by atoms with E-state index in [1.807, 2.05) is 26.0 Å². The van der Waals surface area contributed by atoms with Crippen LogP contribution in [0, 0.1) is 0 Å². The van der Waals surface area contributed by atoms with Crippen LogP contribution < -0.4 is 4.57 Å². The lowest BCUT2D eigenvalue weighted by Gasteiger charge is -2.09. The fraction of sp³-hybridized carbons (Fsp3) is 0.786. The Bertz CT molecular complexity index is 470. The van der Waals surface area contributed by atoms with E-state index in [4.69, 9.17) is 0 Å². The van der Waals surface area contributed by atoms with Gasteiger partial charge in [0.25, 0.3) is 0 Å². The molecule has 0 saturated heterocycles. The smallest absolute Gasteiger partial charge is 0.243 e. The number of hydrogen-bond donors (Lipinski definition) is 0. The van der Waals surface area contributed by atoms with Gasteiger partial charge in [-0.2, -0.15) is 0 Å². The number of hydrogen-bond acceptors (Lipinski definition) is 4. The molecule has 0 fully saturated rings. The fourth-order valence-corrected chi connectivity index (χ4v) is 2.24. The standard InChI is InChI=1S/C8H15N2.C6H15NO3S/c1-3-4-5-10-7-6-9(2)8-10;1-7(2)5-3-4-6-11(8,9)10/h6-8H,3-5H2,1-2H3;3-6H2,1-2H3,(H,8,9,10)/q+1;/p-1. The molecule has 6 nitrogen and oxygen atoms in total. The SMILES string of the molecule is CCCCn1cc[n+](C)c1.CN(C)CCCCS(=O)(=O)[O-]. The van der Waals surface area contributed by atoms with Gasteiger partial charge >= 0.3 is 0 Å². The molecule has 21 heavy (non-hydrogen) atoms. The van der Waals surface area contributed by atoms with Crippen molar-refractivity contribution in [2.24, 2.45) is 7.05 Å². The third kappa shape index (κ3) is 13.8. The predicted molar refractivity (Wildman–Crippen MR) is 82.9 cm³/mol. The third-order valence-electron chi connectivity index (χ3n) is 2.84. The van der Waals surface area contributed by atoms with E-state index in [9.17, 15) is 13.0 Å². The first kappa shape index (κ1) is 20.1. The van der Waals surface area contributed by atoms with E-state index in [2.05, 4.69) is 34.8 Å². The van der Waals surface area contributed by atoms with E-state index in [1.165, 1.54) is 12.8 Å². The van der Waals surface area contributed by atoms with Crippen molar-refractivity contribution in [1.82, 2.24) is 9.47 Å². The van der Waals surface area contributed by atoms with Crippen molar-refractivity contribution in [3.05, 3.63) is 18.7 Å². The Morgan fingerprint density at radius 3 is 2.33 bits per heavy atom. The molecule has 1 aromatic rings. The maximum atomic E-state index is 10.1. The van der Waals surface area contributed by atoms with Crippen LogP contribution in [0.2, 0.25) is 0 Å². The molecule has 1 heterocycles. The molecule has 0 saturated carbocycles. The highest BCUT2D eigenvalue weighted by molar-refractivity contribution is 7.85. The third-order valence-corrected chi connectivity index (χ3v) is 3.63. The lowest BCUT2D eigenvalue weighted by Crippen LogP contribution is -2.23. The molecule has 1 rings (SSSR count). The Morgan fingerprint density at radius 2 is 1.90 bits per heavy atom. The van der Waals surface area contributed by atoms with Crippen LogP contribution in [0.15, 0.2) is 18.7 Å². The van der Waals surface area contributed by atoms with Crippen molar-refractivity contribution in [2.75, 3.05) is 26.4 Å². The lowest BCUT2D eigenvalue weighted by molar-refractivity contribution is -0.671. The molecule has 0 atom stereocenters. The van der Waals surface area contributed by atoms with E-state index in [1.54, 1.807) is 0 Å². The van der Waals surface area contributed by atoms with Crippen LogP contribution in [0.5, 0.6) is 0 Å². The second-order valence-corrected chi connectivity index (χ2v) is 6.97. The second kappa shape index (κ2) is 10.8. The summed E-state index contributed by atoms with van der Waals surface area (Å²) in [7, 11) is 1.87. The van der Waals surface area contributed by atoms with Crippen molar-refractivity contribution in [3.8, 4) is 0 Å². The first-order chi connectivity index (χ1) is 9.74. The van der Waals surface area contributed by atoms with E-state index < -0.39 is 10.1 Å². The minimum atomic E-state index is -3.99.